The number of H-pyrrole nitrogens is 1. The number of ether oxygens (including phenoxy) is 2. The van der Waals surface area contributed by atoms with E-state index in [1.807, 2.05) is 32.0 Å². The third kappa shape index (κ3) is 4.84. The molecule has 1 atom stereocenters. The lowest BCUT2D eigenvalue weighted by Crippen LogP contribution is -2.05. The third-order valence-corrected chi connectivity index (χ3v) is 5.06. The first kappa shape index (κ1) is 20.9. The molecule has 0 aliphatic carbocycles. The van der Waals surface area contributed by atoms with Crippen molar-refractivity contribution < 1.29 is 18.8 Å². The molecule has 0 saturated carbocycles. The second kappa shape index (κ2) is 9.48. The van der Waals surface area contributed by atoms with Crippen LogP contribution in [0.15, 0.2) is 29.6 Å². The normalized spacial score (nSPS) is 11.6. The SMILES string of the molecule is CCO.COc1ccc2nc(S(=O)Cc3ncc(C)c(OC)c3C)[nH]c2c1. The van der Waals surface area contributed by atoms with E-state index in [0.717, 1.165) is 39.4 Å². The fourth-order valence-electron chi connectivity index (χ4n) is 2.61. The average molecular weight is 391 g/mol. The molecule has 0 aliphatic heterocycles. The predicted molar refractivity (Wildman–Crippen MR) is 106 cm³/mol. The van der Waals surface area contributed by atoms with Crippen molar-refractivity contribution >= 4 is 21.8 Å². The number of nitrogens with one attached hydrogen (secondary N) is 1. The van der Waals surface area contributed by atoms with Gasteiger partial charge in [0.2, 0.25) is 0 Å². The summed E-state index contributed by atoms with van der Waals surface area (Å²) in [6.45, 7) is 5.79. The third-order valence-electron chi connectivity index (χ3n) is 3.90. The zero-order valence-electron chi connectivity index (χ0n) is 16.2. The molecule has 2 heterocycles. The summed E-state index contributed by atoms with van der Waals surface area (Å²) in [6.07, 6.45) is 1.74. The van der Waals surface area contributed by atoms with Crippen LogP contribution in [-0.2, 0) is 16.6 Å². The van der Waals surface area contributed by atoms with E-state index in [0.29, 0.717) is 5.16 Å². The Bertz CT molecular complexity index is 940. The highest BCUT2D eigenvalue weighted by molar-refractivity contribution is 7.84. The Labute approximate surface area is 161 Å². The molecule has 3 aromatic rings. The highest BCUT2D eigenvalue weighted by Crippen LogP contribution is 2.26. The van der Waals surface area contributed by atoms with E-state index in [1.54, 1.807) is 27.3 Å². The summed E-state index contributed by atoms with van der Waals surface area (Å²) in [5.41, 5.74) is 4.16. The van der Waals surface area contributed by atoms with Crippen molar-refractivity contribution in [3.63, 3.8) is 0 Å². The first-order valence-electron chi connectivity index (χ1n) is 8.47. The Morgan fingerprint density at radius 1 is 1.22 bits per heavy atom. The average Bonchev–Trinajstić information content (AvgIpc) is 3.08. The predicted octanol–water partition coefficient (Wildman–Crippen LogP) is 2.90. The number of benzene rings is 1. The smallest absolute Gasteiger partial charge is 0.197 e. The number of methoxy groups -OCH3 is 2. The van der Waals surface area contributed by atoms with Crippen LogP contribution in [0.1, 0.15) is 23.7 Å². The van der Waals surface area contributed by atoms with Crippen LogP contribution in [0.25, 0.3) is 11.0 Å². The van der Waals surface area contributed by atoms with E-state index in [1.165, 1.54) is 0 Å². The van der Waals surface area contributed by atoms with Gasteiger partial charge >= 0.3 is 0 Å². The van der Waals surface area contributed by atoms with E-state index in [2.05, 4.69) is 15.0 Å². The molecule has 0 bridgehead atoms. The molecule has 7 nitrogen and oxygen atoms in total. The van der Waals surface area contributed by atoms with Crippen molar-refractivity contribution in [2.75, 3.05) is 20.8 Å². The van der Waals surface area contributed by atoms with Gasteiger partial charge in [0.1, 0.15) is 11.5 Å². The molecule has 0 amide bonds. The largest absolute Gasteiger partial charge is 0.497 e. The Kier molecular flexibility index (Phi) is 7.32. The van der Waals surface area contributed by atoms with E-state index in [-0.39, 0.29) is 12.4 Å². The molecular formula is C19H25N3O4S. The van der Waals surface area contributed by atoms with Crippen LogP contribution >= 0.6 is 0 Å². The number of aliphatic hydroxyl groups is 1. The maximum Gasteiger partial charge on any atom is 0.197 e. The highest BCUT2D eigenvalue weighted by atomic mass is 32.2. The van der Waals surface area contributed by atoms with Crippen LogP contribution in [0.4, 0.5) is 0 Å². The Morgan fingerprint density at radius 2 is 1.93 bits per heavy atom. The monoisotopic (exact) mass is 391 g/mol. The van der Waals surface area contributed by atoms with Crippen molar-refractivity contribution in [1.29, 1.82) is 0 Å². The number of rotatable bonds is 5. The van der Waals surface area contributed by atoms with Crippen LogP contribution in [0.5, 0.6) is 11.5 Å². The maximum absolute atomic E-state index is 12.7. The summed E-state index contributed by atoms with van der Waals surface area (Å²) in [5, 5.41) is 8.00. The number of aromatic amines is 1. The number of hydrogen-bond acceptors (Lipinski definition) is 6. The number of aryl methyl sites for hydroxylation is 1. The first-order chi connectivity index (χ1) is 12.9. The molecule has 0 aliphatic rings. The minimum absolute atomic E-state index is 0.250. The van der Waals surface area contributed by atoms with Crippen molar-refractivity contribution in [2.45, 2.75) is 31.7 Å². The van der Waals surface area contributed by atoms with E-state index in [9.17, 15) is 4.21 Å². The summed E-state index contributed by atoms with van der Waals surface area (Å²) in [7, 11) is 1.91. The molecule has 1 aromatic carbocycles. The fraction of sp³-hybridized carbons (Fsp3) is 0.368. The van der Waals surface area contributed by atoms with Gasteiger partial charge in [-0.25, -0.2) is 4.98 Å². The Hall–Kier alpha value is -2.45. The van der Waals surface area contributed by atoms with Gasteiger partial charge in [-0.05, 0) is 32.9 Å². The second-order valence-corrected chi connectivity index (χ2v) is 7.14. The number of nitrogens with zero attached hydrogens (tertiary/aromatic N) is 2. The number of pyridine rings is 1. The topological polar surface area (TPSA) is 97.3 Å². The molecule has 0 fully saturated rings. The van der Waals surface area contributed by atoms with Crippen molar-refractivity contribution in [3.05, 3.63) is 41.2 Å². The van der Waals surface area contributed by atoms with Crippen LogP contribution in [0.2, 0.25) is 0 Å². The zero-order valence-corrected chi connectivity index (χ0v) is 17.0. The van der Waals surface area contributed by atoms with Gasteiger partial charge in [0.15, 0.2) is 5.16 Å². The number of aliphatic hydroxyl groups excluding tert-OH is 1. The van der Waals surface area contributed by atoms with Crippen LogP contribution < -0.4 is 9.47 Å². The minimum Gasteiger partial charge on any atom is -0.497 e. The molecule has 1 unspecified atom stereocenters. The van der Waals surface area contributed by atoms with Gasteiger partial charge in [-0.2, -0.15) is 0 Å². The van der Waals surface area contributed by atoms with Crippen molar-refractivity contribution in [1.82, 2.24) is 15.0 Å². The summed E-state index contributed by atoms with van der Waals surface area (Å²) >= 11 is 0. The van der Waals surface area contributed by atoms with E-state index >= 15 is 0 Å². The summed E-state index contributed by atoms with van der Waals surface area (Å²) < 4.78 is 23.3. The lowest BCUT2D eigenvalue weighted by molar-refractivity contribution is 0.318. The minimum atomic E-state index is -1.33. The maximum atomic E-state index is 12.7. The molecule has 27 heavy (non-hydrogen) atoms. The summed E-state index contributed by atoms with van der Waals surface area (Å²) in [5.74, 6) is 1.79. The second-order valence-electron chi connectivity index (χ2n) is 5.78. The van der Waals surface area contributed by atoms with Crippen LogP contribution in [0, 0.1) is 13.8 Å². The van der Waals surface area contributed by atoms with Gasteiger partial charge in [-0.15, -0.1) is 0 Å². The molecular weight excluding hydrogens is 366 g/mol. The van der Waals surface area contributed by atoms with Gasteiger partial charge < -0.3 is 19.6 Å². The fourth-order valence-corrected chi connectivity index (χ4v) is 3.71. The first-order valence-corrected chi connectivity index (χ1v) is 9.79. The van der Waals surface area contributed by atoms with E-state index < -0.39 is 10.8 Å². The summed E-state index contributed by atoms with van der Waals surface area (Å²) in [4.78, 5) is 11.9. The summed E-state index contributed by atoms with van der Waals surface area (Å²) in [6, 6.07) is 5.50. The van der Waals surface area contributed by atoms with Gasteiger partial charge in [-0.1, -0.05) is 0 Å². The Balaban J connectivity index is 0.000000817. The van der Waals surface area contributed by atoms with Gasteiger partial charge in [0.25, 0.3) is 0 Å². The lowest BCUT2D eigenvalue weighted by atomic mass is 10.1. The molecule has 0 spiro atoms. The highest BCUT2D eigenvalue weighted by Gasteiger charge is 2.16. The zero-order chi connectivity index (χ0) is 20.0. The number of fused-ring (bicyclic) bond motifs is 1. The van der Waals surface area contributed by atoms with Crippen LogP contribution in [-0.4, -0.2) is 45.1 Å². The molecule has 2 aromatic heterocycles. The number of aromatic nitrogens is 3. The van der Waals surface area contributed by atoms with Gasteiger partial charge in [0.05, 0.1) is 47.5 Å². The molecule has 0 saturated heterocycles. The number of imidazole rings is 1. The molecule has 3 rings (SSSR count). The van der Waals surface area contributed by atoms with E-state index in [4.69, 9.17) is 14.6 Å². The van der Waals surface area contributed by atoms with Crippen LogP contribution in [0.3, 0.4) is 0 Å². The Morgan fingerprint density at radius 3 is 2.56 bits per heavy atom. The molecule has 8 heteroatoms. The standard InChI is InChI=1S/C17H19N3O3S.C2H6O/c1-10-8-18-15(11(2)16(10)23-4)9-24(21)17-19-13-6-5-12(22-3)7-14(13)20-17;1-2-3/h5-8H,9H2,1-4H3,(H,19,20);3H,2H2,1H3. The lowest BCUT2D eigenvalue weighted by Gasteiger charge is -2.11. The van der Waals surface area contributed by atoms with Crippen molar-refractivity contribution in [3.8, 4) is 11.5 Å². The van der Waals surface area contributed by atoms with Gasteiger partial charge in [0, 0.05) is 30.0 Å². The number of hydrogen-bond donors (Lipinski definition) is 2. The molecule has 0 radical (unpaired) electrons. The quantitative estimate of drug-likeness (QED) is 0.694. The van der Waals surface area contributed by atoms with Crippen molar-refractivity contribution in [2.24, 2.45) is 0 Å². The molecule has 146 valence electrons. The molecule has 2 N–H and O–H groups in total. The van der Waals surface area contributed by atoms with Gasteiger partial charge in [-0.3, -0.25) is 9.19 Å².